The van der Waals surface area contributed by atoms with Gasteiger partial charge < -0.3 is 62.9 Å². The lowest BCUT2D eigenvalue weighted by molar-refractivity contribution is -0.309. The van der Waals surface area contributed by atoms with E-state index < -0.39 is 163 Å². The Morgan fingerprint density at radius 2 is 0.724 bits per heavy atom. The van der Waals surface area contributed by atoms with E-state index >= 15 is 4.79 Å². The van der Waals surface area contributed by atoms with Crippen molar-refractivity contribution in [1.82, 2.24) is 0 Å². The highest BCUT2D eigenvalue weighted by Gasteiger charge is 2.58. The Morgan fingerprint density at radius 1 is 0.373 bits per heavy atom. The van der Waals surface area contributed by atoms with Crippen molar-refractivity contribution >= 4 is 99.8 Å². The molecular weight excluding hydrogens is 1830 g/mol. The third-order valence-corrected chi connectivity index (χ3v) is 79.6. The van der Waals surface area contributed by atoms with Crippen LogP contribution in [-0.2, 0) is 67.7 Å². The lowest BCUT2D eigenvalue weighted by Crippen LogP contribution is -2.68. The van der Waals surface area contributed by atoms with E-state index in [0.717, 1.165) is 204 Å². The molecule has 134 heavy (non-hydrogen) atoms. The topological polar surface area (TPSA) is 146 Å². The highest BCUT2D eigenvalue weighted by Crippen LogP contribution is 2.45. The fourth-order valence-electron chi connectivity index (χ4n) is 22.0. The van der Waals surface area contributed by atoms with E-state index in [1.807, 2.05) is 19.1 Å². The maximum atomic E-state index is 15.8. The molecule has 15 nitrogen and oxygen atoms in total. The van der Waals surface area contributed by atoms with Crippen LogP contribution in [0.15, 0.2) is 109 Å². The Morgan fingerprint density at radius 3 is 1.09 bits per heavy atom. The zero-order valence-electron chi connectivity index (χ0n) is 93.8. The van der Waals surface area contributed by atoms with Gasteiger partial charge in [-0.15, -0.1) is 6.58 Å². The lowest BCUT2D eigenvalue weighted by Gasteiger charge is -2.54. The van der Waals surface area contributed by atoms with Gasteiger partial charge in [0, 0.05) is 23.3 Å². The average Bonchev–Trinajstić information content (AvgIpc) is 0.763. The van der Waals surface area contributed by atoms with Crippen molar-refractivity contribution in [3.8, 4) is 0 Å². The average molecular weight is 2040 g/mol. The molecule has 0 aromatic heterocycles. The molecular formula is C109H212O15Si10. The molecule has 778 valence electrons. The van der Waals surface area contributed by atoms with Gasteiger partial charge in [0.25, 0.3) is 0 Å². The fraction of sp³-hybridized carbons (Fsp3) is 0.807. The van der Waals surface area contributed by atoms with Crippen LogP contribution in [0, 0.1) is 35.5 Å². The number of carbonyl (C=O) groups is 1. The first-order valence-corrected chi connectivity index (χ1v) is 79.9. The molecule has 2 aromatic rings. The normalized spacial score (nSPS) is 20.0. The number of hydrogen-bond acceptors (Lipinski definition) is 15. The van der Waals surface area contributed by atoms with Gasteiger partial charge in [-0.3, -0.25) is 0 Å². The van der Waals surface area contributed by atoms with E-state index in [1.165, 1.54) is 0 Å². The molecule has 0 spiro atoms. The maximum Gasteiger partial charge on any atom is 0.408 e. The Hall–Kier alpha value is -1.48. The third kappa shape index (κ3) is 34.1. The second kappa shape index (κ2) is 61.7. The minimum atomic E-state index is -3.98. The molecule has 1 aliphatic rings. The van der Waals surface area contributed by atoms with Crippen molar-refractivity contribution in [2.45, 2.75) is 512 Å². The molecule has 1 saturated heterocycles. The van der Waals surface area contributed by atoms with Crippen LogP contribution in [0.2, 0.25) is 163 Å². The molecule has 2 aromatic carbocycles. The zero-order chi connectivity index (χ0) is 101. The molecule has 0 aliphatic carbocycles. The van der Waals surface area contributed by atoms with Crippen LogP contribution in [-0.4, -0.2) is 183 Å². The standard InChI is InChI=1S/C109H212O15Si10/c1-40-87(32)79-88(33)80-90(35)101(115-109-107(122-133(66-27,67-28)68-29)106(121-132(63-24,64-25)65-26)103(118-129(54-15,55-16)56-17)97(114-109)84-112-125(42-3,43-4)44-5)92(37)81-93(38)102(89(34)41-2)124-134(95-75-71-69-72-76-95,96-77-73-70-74-78-96)123-100(86(30)31)91(36)82-94(39)108(110)111-83-98(116-127(48-9,49-10)50-11)104(119-130(57-18,58-19)59-20)105(120-131(60-21,61-22)62-23)99(117-128(51-12,52-13)53-14)85-113-126(45-6,46-7)47-8/h41,69-78,81-82,87-92,97-107,109H,2,30,40,42-68,79-80,83-85H2,1,3-29,31-39H3/b93-81+,94-82+/t87-,88-,89-,90-,91-,92-,97+,98+,99+,100+,101+,102-,103+,104+,105+,106-,107-,109-/m0/s1. The molecule has 3 rings (SSSR count). The van der Waals surface area contributed by atoms with Gasteiger partial charge in [-0.05, 0) is 231 Å². The van der Waals surface area contributed by atoms with Gasteiger partial charge >= 0.3 is 14.5 Å². The van der Waals surface area contributed by atoms with Gasteiger partial charge in [-0.25, -0.2) is 4.79 Å². The molecule has 0 radical (unpaired) electrons. The summed E-state index contributed by atoms with van der Waals surface area (Å²) in [6.45, 7) is 95.6. The van der Waals surface area contributed by atoms with Crippen molar-refractivity contribution in [3.63, 3.8) is 0 Å². The highest BCUT2D eigenvalue weighted by molar-refractivity contribution is 6.92. The maximum absolute atomic E-state index is 15.8. The molecule has 0 N–H and O–H groups in total. The summed E-state index contributed by atoms with van der Waals surface area (Å²) in [5, 5.41) is 1.89. The molecule has 1 heterocycles. The number of carbonyl (C=O) groups excluding carboxylic acids is 1. The van der Waals surface area contributed by atoms with Crippen LogP contribution < -0.4 is 10.4 Å². The van der Waals surface area contributed by atoms with Crippen LogP contribution in [0.25, 0.3) is 0 Å². The number of esters is 1. The van der Waals surface area contributed by atoms with E-state index in [4.69, 9.17) is 69.5 Å². The second-order valence-electron chi connectivity index (χ2n) is 41.2. The first kappa shape index (κ1) is 127. The molecule has 0 unspecified atom stereocenters. The van der Waals surface area contributed by atoms with Crippen LogP contribution >= 0.6 is 0 Å². The van der Waals surface area contributed by atoms with Gasteiger partial charge in [0.05, 0.1) is 43.7 Å². The SMILES string of the molecule is C=C[C@H](C)[C@H](O[Si](O[C@H](C(=C)C)[C@@H](C)/C=C(\C)C(=O)OC[C@@H](O[Si](CC)(CC)CC)[C@@H](O[Si](CC)(CC)CC)[C@H](O[Si](CC)(CC)CC)[C@@H](CO[Si](CC)(CC)CC)O[Si](CC)(CC)CC)(c1ccccc1)c1ccccc1)/C(C)=C/[C@H](C)[C@H](O[C@@H]1O[C@H](CO[Si](CC)(CC)CC)[C@@H](O[Si](CC)(CC)CC)[C@H](O[Si](CC)(CC)CC)[C@@H]1O[Si](CC)(CC)CC)[C@@H](C)C[C@@H](C)C[C@@H](C)CC. The predicted molar refractivity (Wildman–Crippen MR) is 600 cm³/mol. The molecule has 0 bridgehead atoms. The minimum absolute atomic E-state index is 0.0223. The number of hydrogen-bond donors (Lipinski definition) is 0. The third-order valence-electron chi connectivity index (χ3n) is 34.4. The van der Waals surface area contributed by atoms with Gasteiger partial charge in [-0.1, -0.05) is 333 Å². The predicted octanol–water partition coefficient (Wildman–Crippen LogP) is 31.1. The van der Waals surface area contributed by atoms with Crippen molar-refractivity contribution < 1.29 is 67.7 Å². The molecule has 18 atom stereocenters. The number of benzene rings is 2. The van der Waals surface area contributed by atoms with Crippen molar-refractivity contribution in [1.29, 1.82) is 0 Å². The lowest BCUT2D eigenvalue weighted by atomic mass is 9.82. The molecule has 0 saturated carbocycles. The Bertz CT molecular complexity index is 3470. The quantitative estimate of drug-likeness (QED) is 0.0268. The van der Waals surface area contributed by atoms with E-state index in [9.17, 15) is 0 Å². The summed E-state index contributed by atoms with van der Waals surface area (Å²) in [6.07, 6.45) is 3.20. The van der Waals surface area contributed by atoms with Crippen LogP contribution in [0.1, 0.15) is 275 Å². The fourth-order valence-corrected chi connectivity index (χ4v) is 50.9. The summed E-state index contributed by atoms with van der Waals surface area (Å²) >= 11 is 0. The summed E-state index contributed by atoms with van der Waals surface area (Å²) in [5.41, 5.74) is 2.31. The second-order valence-corrected chi connectivity index (χ2v) is 86.7. The Labute approximate surface area is 837 Å². The molecule has 1 aliphatic heterocycles. The monoisotopic (exact) mass is 2040 g/mol. The van der Waals surface area contributed by atoms with Crippen molar-refractivity contribution in [3.05, 3.63) is 109 Å². The Balaban J connectivity index is 2.64. The highest BCUT2D eigenvalue weighted by atomic mass is 28.4. The summed E-state index contributed by atoms with van der Waals surface area (Å²) < 4.78 is 112. The number of rotatable bonds is 75. The molecule has 0 amide bonds. The first-order chi connectivity index (χ1) is 63.7. The van der Waals surface area contributed by atoms with Crippen LogP contribution in [0.5, 0.6) is 0 Å². The summed E-state index contributed by atoms with van der Waals surface area (Å²) in [7, 11) is -25.5. The first-order valence-electron chi connectivity index (χ1n) is 55.3. The van der Waals surface area contributed by atoms with Gasteiger partial charge in [-0.2, -0.15) is 0 Å². The molecule has 25 heteroatoms. The zero-order valence-corrected chi connectivity index (χ0v) is 104. The van der Waals surface area contributed by atoms with Gasteiger partial charge in [0.2, 0.25) is 0 Å². The molecule has 1 fully saturated rings. The van der Waals surface area contributed by atoms with E-state index in [2.05, 4.69) is 323 Å². The number of ether oxygens (including phenoxy) is 3. The smallest absolute Gasteiger partial charge is 0.408 e. The van der Waals surface area contributed by atoms with E-state index in [1.54, 1.807) is 0 Å². The largest absolute Gasteiger partial charge is 0.460 e. The van der Waals surface area contributed by atoms with Gasteiger partial charge in [0.15, 0.2) is 81.1 Å². The van der Waals surface area contributed by atoms with Crippen molar-refractivity contribution in [2.24, 2.45) is 35.5 Å². The van der Waals surface area contributed by atoms with E-state index in [0.29, 0.717) is 30.6 Å². The van der Waals surface area contributed by atoms with Crippen molar-refractivity contribution in [2.75, 3.05) is 19.8 Å². The van der Waals surface area contributed by atoms with Gasteiger partial charge in [0.1, 0.15) is 43.2 Å². The van der Waals surface area contributed by atoms with E-state index in [-0.39, 0.29) is 30.5 Å². The summed E-state index contributed by atoms with van der Waals surface area (Å²) in [6, 6.07) is 47.4. The summed E-state index contributed by atoms with van der Waals surface area (Å²) in [4.78, 5) is 15.8. The summed E-state index contributed by atoms with van der Waals surface area (Å²) in [5.74, 6) is -0.149. The Kier molecular flexibility index (Phi) is 58.4. The van der Waals surface area contributed by atoms with Crippen LogP contribution in [0.4, 0.5) is 0 Å². The minimum Gasteiger partial charge on any atom is -0.460 e. The van der Waals surface area contributed by atoms with Crippen LogP contribution in [0.3, 0.4) is 0 Å².